The minimum atomic E-state index is -0.569. The zero-order valence-electron chi connectivity index (χ0n) is 11.3. The van der Waals surface area contributed by atoms with Gasteiger partial charge in [0.15, 0.2) is 12.6 Å². The second-order valence-electron chi connectivity index (χ2n) is 4.44. The molecule has 0 unspecified atom stereocenters. The van der Waals surface area contributed by atoms with Gasteiger partial charge in [0.1, 0.15) is 11.4 Å². The highest BCUT2D eigenvalue weighted by Crippen LogP contribution is 2.22. The first-order valence-electron chi connectivity index (χ1n) is 6.04. The number of carbonyl (C=O) groups is 2. The number of carbonyl (C=O) groups excluding carboxylic acids is 2. The number of ether oxygens (including phenoxy) is 1. The van der Waals surface area contributed by atoms with Crippen molar-refractivity contribution in [3.8, 4) is 5.75 Å². The van der Waals surface area contributed by atoms with Crippen LogP contribution in [0.1, 0.15) is 10.5 Å². The normalized spacial score (nSPS) is 10.3. The van der Waals surface area contributed by atoms with Crippen molar-refractivity contribution in [2.24, 2.45) is 11.5 Å². The fourth-order valence-electron chi connectivity index (χ4n) is 1.76. The Morgan fingerprint density at radius 3 is 2.67 bits per heavy atom. The quantitative estimate of drug-likeness (QED) is 0.464. The minimum absolute atomic E-state index is 0.217. The second-order valence-corrected chi connectivity index (χ2v) is 4.44. The number of hydrogen-bond acceptors (Lipinski definition) is 4. The van der Waals surface area contributed by atoms with Gasteiger partial charge in [0.05, 0.1) is 0 Å². The first kappa shape index (κ1) is 14.4. The van der Waals surface area contributed by atoms with Gasteiger partial charge in [-0.3, -0.25) is 19.9 Å². The predicted molar refractivity (Wildman–Crippen MR) is 77.0 cm³/mol. The molecule has 0 saturated carbocycles. The van der Waals surface area contributed by atoms with E-state index in [2.05, 4.69) is 4.98 Å². The molecule has 1 heterocycles. The van der Waals surface area contributed by atoms with Crippen molar-refractivity contribution >= 4 is 28.7 Å². The van der Waals surface area contributed by atoms with Crippen LogP contribution in [0.5, 0.6) is 5.75 Å². The number of fused-ring (bicyclic) bond motifs is 1. The number of aromatic nitrogens is 1. The van der Waals surface area contributed by atoms with E-state index in [9.17, 15) is 9.59 Å². The van der Waals surface area contributed by atoms with Crippen molar-refractivity contribution in [2.45, 2.75) is 0 Å². The Labute approximate surface area is 120 Å². The summed E-state index contributed by atoms with van der Waals surface area (Å²) < 4.78 is 5.19. The Morgan fingerprint density at radius 1 is 1.33 bits per heavy atom. The smallest absolute Gasteiger partial charge is 0.276 e. The molecule has 6 N–H and O–H groups in total. The van der Waals surface area contributed by atoms with Gasteiger partial charge in [-0.2, -0.15) is 0 Å². The first-order valence-corrected chi connectivity index (χ1v) is 6.04. The molecule has 8 nitrogen and oxygen atoms in total. The van der Waals surface area contributed by atoms with Crippen LogP contribution >= 0.6 is 0 Å². The van der Waals surface area contributed by atoms with Crippen LogP contribution in [0.25, 0.3) is 10.9 Å². The maximum Gasteiger partial charge on any atom is 0.276 e. The van der Waals surface area contributed by atoms with Crippen LogP contribution in [0, 0.1) is 5.41 Å². The summed E-state index contributed by atoms with van der Waals surface area (Å²) in [6.45, 7) is -0.217. The van der Waals surface area contributed by atoms with Crippen molar-refractivity contribution in [1.82, 2.24) is 9.88 Å². The Kier molecular flexibility index (Phi) is 3.79. The molecular weight excluding hydrogens is 274 g/mol. The molecule has 21 heavy (non-hydrogen) atoms. The van der Waals surface area contributed by atoms with Crippen molar-refractivity contribution in [3.05, 3.63) is 30.0 Å². The van der Waals surface area contributed by atoms with Crippen LogP contribution in [-0.4, -0.2) is 41.3 Å². The van der Waals surface area contributed by atoms with Crippen LogP contribution in [0.3, 0.4) is 0 Å². The monoisotopic (exact) mass is 289 g/mol. The van der Waals surface area contributed by atoms with Crippen LogP contribution in [-0.2, 0) is 4.79 Å². The third kappa shape index (κ3) is 3.11. The molecule has 0 aliphatic heterocycles. The highest BCUT2D eigenvalue weighted by molar-refractivity contribution is 6.05. The molecule has 0 aliphatic rings. The van der Waals surface area contributed by atoms with Crippen LogP contribution in [0.2, 0.25) is 0 Å². The first-order chi connectivity index (χ1) is 9.88. The van der Waals surface area contributed by atoms with Gasteiger partial charge >= 0.3 is 0 Å². The van der Waals surface area contributed by atoms with E-state index in [0.717, 1.165) is 10.3 Å². The summed E-state index contributed by atoms with van der Waals surface area (Å²) in [5.74, 6) is -0.870. The van der Waals surface area contributed by atoms with E-state index in [1.54, 1.807) is 24.3 Å². The van der Waals surface area contributed by atoms with Gasteiger partial charge < -0.3 is 21.2 Å². The zero-order chi connectivity index (χ0) is 15.6. The molecule has 0 spiro atoms. The number of nitrogens with one attached hydrogen (secondary N) is 2. The number of rotatable bonds is 4. The summed E-state index contributed by atoms with van der Waals surface area (Å²) in [7, 11) is 1.41. The van der Waals surface area contributed by atoms with Crippen LogP contribution < -0.4 is 16.2 Å². The van der Waals surface area contributed by atoms with E-state index >= 15 is 0 Å². The third-order valence-corrected chi connectivity index (χ3v) is 2.87. The number of H-pyrrole nitrogens is 1. The predicted octanol–water partition coefficient (Wildman–Crippen LogP) is -0.00253. The minimum Gasteiger partial charge on any atom is -0.484 e. The van der Waals surface area contributed by atoms with Gasteiger partial charge in [-0.05, 0) is 18.2 Å². The molecule has 2 aromatic rings. The van der Waals surface area contributed by atoms with Crippen molar-refractivity contribution < 1.29 is 14.3 Å². The van der Waals surface area contributed by atoms with Gasteiger partial charge in [0.25, 0.3) is 11.8 Å². The Bertz CT molecular complexity index is 722. The molecule has 8 heteroatoms. The number of amides is 2. The Balaban J connectivity index is 2.27. The fraction of sp³-hybridized carbons (Fsp3) is 0.154. The highest BCUT2D eigenvalue weighted by atomic mass is 16.5. The van der Waals surface area contributed by atoms with E-state index in [-0.39, 0.29) is 12.6 Å². The maximum absolute atomic E-state index is 12.0. The van der Waals surface area contributed by atoms with Crippen molar-refractivity contribution in [1.29, 1.82) is 5.41 Å². The lowest BCUT2D eigenvalue weighted by Gasteiger charge is -2.12. The maximum atomic E-state index is 12.0. The highest BCUT2D eigenvalue weighted by Gasteiger charge is 2.16. The molecule has 0 bridgehead atoms. The van der Waals surface area contributed by atoms with Gasteiger partial charge in [-0.1, -0.05) is 0 Å². The van der Waals surface area contributed by atoms with Crippen LogP contribution in [0.15, 0.2) is 24.3 Å². The van der Waals surface area contributed by atoms with E-state index < -0.39 is 11.8 Å². The number of guanidine groups is 1. The average molecular weight is 289 g/mol. The average Bonchev–Trinajstić information content (AvgIpc) is 2.86. The SMILES string of the molecule is CN(C(=N)N)C(=O)c1cc2ccc(OCC(N)=O)cc2[nH]1. The zero-order valence-corrected chi connectivity index (χ0v) is 11.3. The van der Waals surface area contributed by atoms with Gasteiger partial charge in [0.2, 0.25) is 0 Å². The molecule has 0 fully saturated rings. The summed E-state index contributed by atoms with van der Waals surface area (Å²) in [6.07, 6.45) is 0. The van der Waals surface area contributed by atoms with E-state index in [4.69, 9.17) is 21.6 Å². The van der Waals surface area contributed by atoms with Crippen LogP contribution in [0.4, 0.5) is 0 Å². The number of nitrogens with two attached hydrogens (primary N) is 2. The lowest BCUT2D eigenvalue weighted by Crippen LogP contribution is -2.38. The van der Waals surface area contributed by atoms with Crippen molar-refractivity contribution in [2.75, 3.05) is 13.7 Å². The van der Waals surface area contributed by atoms with E-state index in [0.29, 0.717) is 17.0 Å². The summed E-state index contributed by atoms with van der Waals surface area (Å²) >= 11 is 0. The Morgan fingerprint density at radius 2 is 2.05 bits per heavy atom. The fourth-order valence-corrected chi connectivity index (χ4v) is 1.76. The molecule has 110 valence electrons. The number of benzene rings is 1. The molecule has 0 radical (unpaired) electrons. The summed E-state index contributed by atoms with van der Waals surface area (Å²) in [5, 5.41) is 8.04. The summed E-state index contributed by atoms with van der Waals surface area (Å²) in [6, 6.07) is 6.71. The molecular formula is C13H15N5O3. The molecule has 0 aliphatic carbocycles. The number of aromatic amines is 1. The molecule has 0 atom stereocenters. The van der Waals surface area contributed by atoms with Crippen molar-refractivity contribution in [3.63, 3.8) is 0 Å². The number of hydrogen-bond donors (Lipinski definition) is 4. The molecule has 1 aromatic carbocycles. The summed E-state index contributed by atoms with van der Waals surface area (Å²) in [5.41, 5.74) is 11.2. The second kappa shape index (κ2) is 5.53. The number of primary amides is 1. The standard InChI is InChI=1S/C13H15N5O3/c1-18(13(15)16)12(20)10-4-7-2-3-8(5-9(7)17-10)21-6-11(14)19/h2-5,17H,6H2,1H3,(H2,14,19)(H3,15,16). The lowest BCUT2D eigenvalue weighted by molar-refractivity contribution is -0.119. The largest absolute Gasteiger partial charge is 0.484 e. The summed E-state index contributed by atoms with van der Waals surface area (Å²) in [4.78, 5) is 26.7. The van der Waals surface area contributed by atoms with Gasteiger partial charge in [-0.15, -0.1) is 0 Å². The third-order valence-electron chi connectivity index (χ3n) is 2.87. The molecule has 2 amide bonds. The molecule has 0 saturated heterocycles. The van der Waals surface area contributed by atoms with E-state index in [1.165, 1.54) is 7.05 Å². The number of nitrogens with zero attached hydrogens (tertiary/aromatic N) is 1. The molecule has 2 rings (SSSR count). The van der Waals surface area contributed by atoms with Gasteiger partial charge in [0, 0.05) is 24.0 Å². The van der Waals surface area contributed by atoms with Gasteiger partial charge in [-0.25, -0.2) is 0 Å². The Hall–Kier alpha value is -3.03. The van der Waals surface area contributed by atoms with E-state index in [1.807, 2.05) is 0 Å². The lowest BCUT2D eigenvalue weighted by atomic mass is 10.2. The topological polar surface area (TPSA) is 138 Å². The molecule has 1 aromatic heterocycles.